The Labute approximate surface area is 334 Å². The van der Waals surface area contributed by atoms with Crippen LogP contribution in [-0.2, 0) is 19.4 Å². The van der Waals surface area contributed by atoms with E-state index in [1.54, 1.807) is 7.11 Å². The van der Waals surface area contributed by atoms with Crippen LogP contribution in [0.3, 0.4) is 0 Å². The van der Waals surface area contributed by atoms with Crippen molar-refractivity contribution in [3.63, 3.8) is 0 Å². The Kier molecular flexibility index (Phi) is 11.7. The molecule has 292 valence electrons. The SMILES string of the molecule is CCC1=C(CC)/C2=C/C3NC(=C(CC)C3CC)/C(c3ccc(OC)cc3)=c3\[nH]c(c(CC)c3CC)=CC3=N/C(=C(/c4ccccc4CO)C1=N2)C(CC)=C3CC. The second kappa shape index (κ2) is 16.7. The van der Waals surface area contributed by atoms with Crippen molar-refractivity contribution in [2.24, 2.45) is 15.9 Å². The third kappa shape index (κ3) is 6.50. The highest BCUT2D eigenvalue weighted by atomic mass is 16.5. The summed E-state index contributed by atoms with van der Waals surface area (Å²) in [5.41, 5.74) is 19.8. The Bertz CT molecular complexity index is 2390. The van der Waals surface area contributed by atoms with E-state index in [4.69, 9.17) is 14.7 Å². The van der Waals surface area contributed by atoms with Gasteiger partial charge in [0.05, 0.1) is 47.9 Å². The second-order valence-electron chi connectivity index (χ2n) is 15.1. The number of benzene rings is 2. The maximum atomic E-state index is 10.8. The van der Waals surface area contributed by atoms with Crippen LogP contribution in [0, 0.1) is 5.92 Å². The van der Waals surface area contributed by atoms with Crippen molar-refractivity contribution in [2.45, 2.75) is 119 Å². The average molecular weight is 749 g/mol. The van der Waals surface area contributed by atoms with E-state index in [0.29, 0.717) is 5.92 Å². The molecule has 4 aliphatic heterocycles. The highest BCUT2D eigenvalue weighted by molar-refractivity contribution is 6.36. The highest BCUT2D eigenvalue weighted by Crippen LogP contribution is 2.44. The van der Waals surface area contributed by atoms with Crippen molar-refractivity contribution in [1.82, 2.24) is 10.3 Å². The molecule has 7 rings (SSSR count). The molecule has 1 aromatic heterocycles. The van der Waals surface area contributed by atoms with Gasteiger partial charge in [0.25, 0.3) is 0 Å². The molecule has 0 saturated carbocycles. The van der Waals surface area contributed by atoms with Crippen LogP contribution >= 0.6 is 0 Å². The molecule has 0 aliphatic carbocycles. The Morgan fingerprint density at radius 1 is 0.714 bits per heavy atom. The van der Waals surface area contributed by atoms with E-state index in [9.17, 15) is 5.11 Å². The summed E-state index contributed by atoms with van der Waals surface area (Å²) >= 11 is 0. The summed E-state index contributed by atoms with van der Waals surface area (Å²) in [6.07, 6.45) is 11.9. The number of aromatic nitrogens is 1. The first-order valence-corrected chi connectivity index (χ1v) is 21.2. The molecule has 4 aliphatic rings. The third-order valence-corrected chi connectivity index (χ3v) is 12.5. The molecule has 2 atom stereocenters. The Morgan fingerprint density at radius 2 is 1.41 bits per heavy atom. The van der Waals surface area contributed by atoms with Gasteiger partial charge in [-0.25, -0.2) is 9.98 Å². The minimum absolute atomic E-state index is 0.0560. The molecule has 5 heterocycles. The molecule has 3 aromatic rings. The summed E-state index contributed by atoms with van der Waals surface area (Å²) in [4.78, 5) is 15.4. The van der Waals surface area contributed by atoms with Crippen LogP contribution in [0.5, 0.6) is 5.75 Å². The van der Waals surface area contributed by atoms with Gasteiger partial charge in [-0.3, -0.25) is 0 Å². The lowest BCUT2D eigenvalue weighted by Gasteiger charge is -2.19. The largest absolute Gasteiger partial charge is 0.497 e. The fourth-order valence-electron chi connectivity index (χ4n) is 9.90. The average Bonchev–Trinajstić information content (AvgIpc) is 3.97. The fraction of sp³-hybridized carbons (Fsp3) is 0.400. The molecular formula is C50H60N4O2. The zero-order valence-corrected chi connectivity index (χ0v) is 35.0. The van der Waals surface area contributed by atoms with Crippen LogP contribution in [0.15, 0.2) is 110 Å². The van der Waals surface area contributed by atoms with Gasteiger partial charge in [0, 0.05) is 28.1 Å². The topological polar surface area (TPSA) is 82.0 Å². The van der Waals surface area contributed by atoms with Crippen molar-refractivity contribution in [1.29, 1.82) is 0 Å². The Hall–Kier alpha value is -4.94. The van der Waals surface area contributed by atoms with Crippen LogP contribution in [0.25, 0.3) is 17.2 Å². The number of hydrogen-bond acceptors (Lipinski definition) is 5. The Morgan fingerprint density at radius 3 is 2.02 bits per heavy atom. The summed E-state index contributed by atoms with van der Waals surface area (Å²) in [6.45, 7) is 18.2. The third-order valence-electron chi connectivity index (χ3n) is 12.5. The summed E-state index contributed by atoms with van der Waals surface area (Å²) in [5, 5.41) is 17.2. The van der Waals surface area contributed by atoms with Crippen LogP contribution in [0.1, 0.15) is 122 Å². The number of aliphatic hydroxyl groups is 1. The van der Waals surface area contributed by atoms with Crippen molar-refractivity contribution in [3.05, 3.63) is 138 Å². The van der Waals surface area contributed by atoms with Crippen LogP contribution in [0.4, 0.5) is 0 Å². The molecule has 3 N–H and O–H groups in total. The van der Waals surface area contributed by atoms with Crippen molar-refractivity contribution < 1.29 is 9.84 Å². The molecule has 0 spiro atoms. The molecule has 2 unspecified atom stereocenters. The number of H-pyrrole nitrogens is 1. The van der Waals surface area contributed by atoms with Gasteiger partial charge in [-0.2, -0.15) is 0 Å². The molecule has 0 saturated heterocycles. The molecule has 2 aromatic carbocycles. The minimum atomic E-state index is -0.0560. The molecule has 0 radical (unpaired) electrons. The van der Waals surface area contributed by atoms with Crippen LogP contribution in [0.2, 0.25) is 0 Å². The van der Waals surface area contributed by atoms with Crippen molar-refractivity contribution >= 4 is 28.6 Å². The van der Waals surface area contributed by atoms with Gasteiger partial charge < -0.3 is 20.1 Å². The first kappa shape index (κ1) is 39.3. The monoisotopic (exact) mass is 748 g/mol. The summed E-state index contributed by atoms with van der Waals surface area (Å²) in [6, 6.07) is 16.9. The van der Waals surface area contributed by atoms with Gasteiger partial charge in [-0.05, 0) is 131 Å². The number of methoxy groups -OCH3 is 1. The van der Waals surface area contributed by atoms with Gasteiger partial charge in [0.1, 0.15) is 5.75 Å². The molecule has 56 heavy (non-hydrogen) atoms. The lowest BCUT2D eigenvalue weighted by Crippen LogP contribution is -2.29. The summed E-state index contributed by atoms with van der Waals surface area (Å²) in [7, 11) is 1.73. The predicted octanol–water partition coefficient (Wildman–Crippen LogP) is 9.73. The van der Waals surface area contributed by atoms with Gasteiger partial charge in [-0.15, -0.1) is 0 Å². The number of fused-ring (bicyclic) bond motifs is 6. The maximum absolute atomic E-state index is 10.8. The van der Waals surface area contributed by atoms with Crippen molar-refractivity contribution in [3.8, 4) is 5.75 Å². The van der Waals surface area contributed by atoms with E-state index in [2.05, 4.69) is 114 Å². The fourth-order valence-corrected chi connectivity index (χ4v) is 9.90. The van der Waals surface area contributed by atoms with E-state index in [-0.39, 0.29) is 12.6 Å². The Balaban J connectivity index is 1.70. The lowest BCUT2D eigenvalue weighted by molar-refractivity contribution is 0.281. The van der Waals surface area contributed by atoms with Crippen LogP contribution < -0.4 is 20.8 Å². The molecule has 6 heteroatoms. The number of aliphatic hydroxyl groups excluding tert-OH is 1. The number of aliphatic imine (C=N–C) groups is 2. The van der Waals surface area contributed by atoms with Gasteiger partial charge in [0.2, 0.25) is 0 Å². The number of allylic oxidation sites excluding steroid dienone is 6. The highest BCUT2D eigenvalue weighted by Gasteiger charge is 2.37. The maximum Gasteiger partial charge on any atom is 0.118 e. The number of nitrogens with one attached hydrogen (secondary N) is 2. The first-order valence-electron chi connectivity index (χ1n) is 21.2. The summed E-state index contributed by atoms with van der Waals surface area (Å²) in [5.74, 6) is 1.16. The van der Waals surface area contributed by atoms with Gasteiger partial charge in [0.15, 0.2) is 0 Å². The van der Waals surface area contributed by atoms with E-state index in [0.717, 1.165) is 108 Å². The number of hydrogen-bond donors (Lipinski definition) is 3. The molecule has 0 amide bonds. The minimum Gasteiger partial charge on any atom is -0.497 e. The van der Waals surface area contributed by atoms with Gasteiger partial charge >= 0.3 is 0 Å². The number of rotatable bonds is 12. The van der Waals surface area contributed by atoms with E-state index in [1.807, 2.05) is 12.1 Å². The molecule has 0 fully saturated rings. The number of aromatic amines is 1. The van der Waals surface area contributed by atoms with E-state index >= 15 is 0 Å². The molecule has 8 bridgehead atoms. The van der Waals surface area contributed by atoms with E-state index in [1.165, 1.54) is 55.6 Å². The van der Waals surface area contributed by atoms with Crippen LogP contribution in [-0.4, -0.2) is 34.7 Å². The molecular weight excluding hydrogens is 689 g/mol. The molecule has 6 nitrogen and oxygen atoms in total. The first-order chi connectivity index (χ1) is 27.3. The number of ether oxygens (including phenoxy) is 1. The van der Waals surface area contributed by atoms with Crippen molar-refractivity contribution in [2.75, 3.05) is 7.11 Å². The quantitative estimate of drug-likeness (QED) is 0.173. The predicted molar refractivity (Wildman–Crippen MR) is 234 cm³/mol. The second-order valence-corrected chi connectivity index (χ2v) is 15.1. The summed E-state index contributed by atoms with van der Waals surface area (Å²) < 4.78 is 5.64. The zero-order chi connectivity index (χ0) is 39.7. The van der Waals surface area contributed by atoms with E-state index < -0.39 is 0 Å². The smallest absolute Gasteiger partial charge is 0.118 e. The lowest BCUT2D eigenvalue weighted by atomic mass is 9.86. The zero-order valence-electron chi connectivity index (χ0n) is 35.0. The standard InChI is InChI=1S/C50H60N4O2/c1-10-32-36(14-5)47-45(29-22-24-31(56-9)25-23-29)48-37(15-6)33(11-2)42(52-48)27-44-35(13-4)39(17-8)50(54-44)46(40-21-19-18-20-30(40)28-55)49-38(16-7)34(12-3)43(53-49)26-41(32)51-47/h18-27,32,41,51-52,55H,10-17,28H2,1-9H3/b42-27?,43-26-,48-45-,50-46-. The normalized spacial score (nSPS) is 22.6. The van der Waals surface area contributed by atoms with Gasteiger partial charge in [-0.1, -0.05) is 91.8 Å². The number of nitrogens with zero attached hydrogens (tertiary/aromatic N) is 2.